The van der Waals surface area contributed by atoms with Gasteiger partial charge in [0.1, 0.15) is 0 Å². The number of nitrogens with one attached hydrogen (secondary N) is 1. The average Bonchev–Trinajstić information content (AvgIpc) is 2.47. The molecule has 0 radical (unpaired) electrons. The van der Waals surface area contributed by atoms with Crippen LogP contribution >= 0.6 is 11.6 Å². The van der Waals surface area contributed by atoms with E-state index in [1.165, 1.54) is 31.4 Å². The summed E-state index contributed by atoms with van der Waals surface area (Å²) >= 11 is 5.78. The second-order valence-corrected chi connectivity index (χ2v) is 6.78. The lowest BCUT2D eigenvalue weighted by molar-refractivity contribution is 0.386. The highest BCUT2D eigenvalue weighted by molar-refractivity contribution is 7.89. The third kappa shape index (κ3) is 4.19. The summed E-state index contributed by atoms with van der Waals surface area (Å²) in [6.45, 7) is 0.153. The maximum absolute atomic E-state index is 13.5. The lowest BCUT2D eigenvalue weighted by Crippen LogP contribution is -2.26. The third-order valence-electron chi connectivity index (χ3n) is 3.03. The number of hydrogen-bond donors (Lipinski definition) is 1. The van der Waals surface area contributed by atoms with E-state index in [2.05, 4.69) is 4.72 Å². The fraction of sp³-hybridized carbons (Fsp3) is 0.200. The normalized spacial score (nSPS) is 11.4. The first-order valence-corrected chi connectivity index (χ1v) is 8.36. The Bertz CT molecular complexity index is 765. The zero-order valence-corrected chi connectivity index (χ0v) is 13.4. The molecule has 0 heterocycles. The van der Waals surface area contributed by atoms with E-state index < -0.39 is 15.8 Å². The molecule has 0 saturated carbocycles. The summed E-state index contributed by atoms with van der Waals surface area (Å²) in [5.41, 5.74) is 0.673. The number of ether oxygens (including phenoxy) is 1. The quantitative estimate of drug-likeness (QED) is 0.877. The molecule has 4 nitrogen and oxygen atoms in total. The van der Waals surface area contributed by atoms with E-state index in [4.69, 9.17) is 16.3 Å². The highest BCUT2D eigenvalue weighted by Crippen LogP contribution is 2.18. The van der Waals surface area contributed by atoms with Gasteiger partial charge in [-0.15, -0.1) is 0 Å². The molecule has 0 spiro atoms. The molecule has 0 aliphatic carbocycles. The van der Waals surface area contributed by atoms with Gasteiger partial charge in [0.15, 0.2) is 11.6 Å². The fourth-order valence-electron chi connectivity index (χ4n) is 1.91. The van der Waals surface area contributed by atoms with Gasteiger partial charge in [-0.25, -0.2) is 17.5 Å². The standard InChI is InChI=1S/C15H15ClFNO3S/c1-21-15-6-5-11(9-14(15)17)7-8-18-22(19,20)13-4-2-3-12(16)10-13/h2-6,9-10,18H,7-8H2,1H3. The topological polar surface area (TPSA) is 55.4 Å². The van der Waals surface area contributed by atoms with Gasteiger partial charge in [-0.2, -0.15) is 0 Å². The molecule has 0 fully saturated rings. The molecule has 0 aromatic heterocycles. The Labute approximate surface area is 133 Å². The first-order valence-electron chi connectivity index (χ1n) is 6.50. The second-order valence-electron chi connectivity index (χ2n) is 4.57. The van der Waals surface area contributed by atoms with Crippen molar-refractivity contribution in [1.29, 1.82) is 0 Å². The molecule has 22 heavy (non-hydrogen) atoms. The second kappa shape index (κ2) is 7.09. The molecular formula is C15H15ClFNO3S. The van der Waals surface area contributed by atoms with E-state index in [9.17, 15) is 12.8 Å². The number of rotatable bonds is 6. The third-order valence-corrected chi connectivity index (χ3v) is 4.72. The summed E-state index contributed by atoms with van der Waals surface area (Å²) in [4.78, 5) is 0.0981. The van der Waals surface area contributed by atoms with Crippen molar-refractivity contribution in [1.82, 2.24) is 4.72 Å². The zero-order valence-electron chi connectivity index (χ0n) is 11.8. The van der Waals surface area contributed by atoms with E-state index in [-0.39, 0.29) is 17.2 Å². The highest BCUT2D eigenvalue weighted by Gasteiger charge is 2.13. The minimum atomic E-state index is -3.63. The van der Waals surface area contributed by atoms with Crippen molar-refractivity contribution in [2.45, 2.75) is 11.3 Å². The molecule has 0 unspecified atom stereocenters. The predicted octanol–water partition coefficient (Wildman–Crippen LogP) is 3.01. The molecule has 0 aliphatic rings. The number of methoxy groups -OCH3 is 1. The van der Waals surface area contributed by atoms with E-state index in [0.29, 0.717) is 17.0 Å². The van der Waals surface area contributed by atoms with Crippen LogP contribution in [-0.2, 0) is 16.4 Å². The number of hydrogen-bond acceptors (Lipinski definition) is 3. The van der Waals surface area contributed by atoms with Crippen molar-refractivity contribution in [3.8, 4) is 5.75 Å². The smallest absolute Gasteiger partial charge is 0.240 e. The van der Waals surface area contributed by atoms with Gasteiger partial charge in [-0.05, 0) is 42.3 Å². The van der Waals surface area contributed by atoms with Gasteiger partial charge in [-0.3, -0.25) is 0 Å². The summed E-state index contributed by atoms with van der Waals surface area (Å²) in [6.07, 6.45) is 0.362. The van der Waals surface area contributed by atoms with Crippen LogP contribution in [0.25, 0.3) is 0 Å². The Hall–Kier alpha value is -1.63. The van der Waals surface area contributed by atoms with Crippen molar-refractivity contribution < 1.29 is 17.5 Å². The Morgan fingerprint density at radius 3 is 2.64 bits per heavy atom. The molecule has 2 rings (SSSR count). The molecule has 0 bridgehead atoms. The van der Waals surface area contributed by atoms with Crippen LogP contribution in [0, 0.1) is 5.82 Å². The molecule has 1 N–H and O–H groups in total. The molecule has 0 amide bonds. The van der Waals surface area contributed by atoms with Crippen molar-refractivity contribution in [2.75, 3.05) is 13.7 Å². The van der Waals surface area contributed by atoms with Crippen LogP contribution in [0.2, 0.25) is 5.02 Å². The minimum Gasteiger partial charge on any atom is -0.494 e. The first kappa shape index (κ1) is 16.7. The van der Waals surface area contributed by atoms with Gasteiger partial charge in [0, 0.05) is 11.6 Å². The largest absolute Gasteiger partial charge is 0.494 e. The van der Waals surface area contributed by atoms with Crippen LogP contribution < -0.4 is 9.46 Å². The molecule has 7 heteroatoms. The summed E-state index contributed by atoms with van der Waals surface area (Å²) in [6, 6.07) is 10.5. The van der Waals surface area contributed by atoms with Crippen LogP contribution in [0.5, 0.6) is 5.75 Å². The summed E-state index contributed by atoms with van der Waals surface area (Å²) in [5, 5.41) is 0.347. The fourth-order valence-corrected chi connectivity index (χ4v) is 3.24. The zero-order chi connectivity index (χ0) is 16.2. The number of benzene rings is 2. The lowest BCUT2D eigenvalue weighted by Gasteiger charge is -2.08. The van der Waals surface area contributed by atoms with Crippen molar-refractivity contribution >= 4 is 21.6 Å². The van der Waals surface area contributed by atoms with E-state index in [0.717, 1.165) is 0 Å². The van der Waals surface area contributed by atoms with Crippen molar-refractivity contribution in [2.24, 2.45) is 0 Å². The lowest BCUT2D eigenvalue weighted by atomic mass is 10.1. The Morgan fingerprint density at radius 2 is 2.00 bits per heavy atom. The minimum absolute atomic E-state index is 0.0981. The average molecular weight is 344 g/mol. The van der Waals surface area contributed by atoms with Gasteiger partial charge in [0.05, 0.1) is 12.0 Å². The number of sulfonamides is 1. The monoisotopic (exact) mass is 343 g/mol. The molecule has 118 valence electrons. The van der Waals surface area contributed by atoms with Crippen molar-refractivity contribution in [3.05, 3.63) is 58.9 Å². The van der Waals surface area contributed by atoms with Gasteiger partial charge >= 0.3 is 0 Å². The van der Waals surface area contributed by atoms with Crippen LogP contribution in [0.15, 0.2) is 47.4 Å². The van der Waals surface area contributed by atoms with Gasteiger partial charge in [0.25, 0.3) is 0 Å². The van der Waals surface area contributed by atoms with Crippen molar-refractivity contribution in [3.63, 3.8) is 0 Å². The number of halogens is 2. The Morgan fingerprint density at radius 1 is 1.23 bits per heavy atom. The summed E-state index contributed by atoms with van der Waals surface area (Å²) in [5.74, 6) is -0.319. The van der Waals surface area contributed by atoms with Crippen LogP contribution in [0.3, 0.4) is 0 Å². The highest BCUT2D eigenvalue weighted by atomic mass is 35.5. The Kier molecular flexibility index (Phi) is 5.39. The first-order chi connectivity index (χ1) is 10.4. The molecule has 0 atom stereocenters. The Balaban J connectivity index is 2.00. The SMILES string of the molecule is COc1ccc(CCNS(=O)(=O)c2cccc(Cl)c2)cc1F. The summed E-state index contributed by atoms with van der Waals surface area (Å²) in [7, 11) is -2.24. The molecule has 0 saturated heterocycles. The van der Waals surface area contributed by atoms with Crippen LogP contribution in [0.4, 0.5) is 4.39 Å². The van der Waals surface area contributed by atoms with Crippen LogP contribution in [-0.4, -0.2) is 22.1 Å². The maximum Gasteiger partial charge on any atom is 0.240 e. The molecule has 2 aromatic rings. The molecule has 0 aliphatic heterocycles. The predicted molar refractivity (Wildman–Crippen MR) is 83.3 cm³/mol. The van der Waals surface area contributed by atoms with Gasteiger partial charge < -0.3 is 4.74 Å². The van der Waals surface area contributed by atoms with Gasteiger partial charge in [-0.1, -0.05) is 23.7 Å². The maximum atomic E-state index is 13.5. The van der Waals surface area contributed by atoms with Crippen LogP contribution in [0.1, 0.15) is 5.56 Å². The van der Waals surface area contributed by atoms with E-state index >= 15 is 0 Å². The summed E-state index contributed by atoms with van der Waals surface area (Å²) < 4.78 is 45.0. The molecular weight excluding hydrogens is 329 g/mol. The van der Waals surface area contributed by atoms with E-state index in [1.807, 2.05) is 0 Å². The van der Waals surface area contributed by atoms with Gasteiger partial charge in [0.2, 0.25) is 10.0 Å². The molecule has 2 aromatic carbocycles. The van der Waals surface area contributed by atoms with E-state index in [1.54, 1.807) is 18.2 Å².